The molecule has 0 fully saturated rings. The number of rotatable bonds is 10. The number of amides is 1. The average molecular weight is 229 g/mol. The number of nitrogens with one attached hydrogen (secondary N) is 1. The summed E-state index contributed by atoms with van der Waals surface area (Å²) in [6.07, 6.45) is 8.51. The number of aliphatic hydroxyl groups excluding tert-OH is 1. The number of unbranched alkanes of at least 4 members (excludes halogenated alkanes) is 5. The quantitative estimate of drug-likeness (QED) is 0.566. The van der Waals surface area contributed by atoms with E-state index in [9.17, 15) is 4.79 Å². The molecule has 96 valence electrons. The molecule has 0 saturated heterocycles. The first-order valence-corrected chi connectivity index (χ1v) is 6.61. The molecule has 1 unspecified atom stereocenters. The van der Waals surface area contributed by atoms with E-state index < -0.39 is 0 Å². The van der Waals surface area contributed by atoms with Gasteiger partial charge in [0, 0.05) is 19.1 Å². The molecular formula is C13H27NO2. The van der Waals surface area contributed by atoms with Gasteiger partial charge in [0.25, 0.3) is 0 Å². The van der Waals surface area contributed by atoms with Crippen LogP contribution >= 0.6 is 0 Å². The second kappa shape index (κ2) is 10.9. The Bertz CT molecular complexity index is 171. The van der Waals surface area contributed by atoms with E-state index in [1.807, 2.05) is 6.92 Å². The van der Waals surface area contributed by atoms with Crippen molar-refractivity contribution in [1.29, 1.82) is 0 Å². The molecule has 0 aliphatic heterocycles. The fraction of sp³-hybridized carbons (Fsp3) is 0.923. The summed E-state index contributed by atoms with van der Waals surface area (Å²) in [5, 5.41) is 11.6. The standard InChI is InChI=1S/C13H27NO2/c1-3-4-5-6-7-8-9-13(16)14-12(2)10-11-15/h12,15H,3-11H2,1-2H3,(H,14,16). The van der Waals surface area contributed by atoms with Gasteiger partial charge in [0.15, 0.2) is 0 Å². The number of hydrogen-bond donors (Lipinski definition) is 2. The lowest BCUT2D eigenvalue weighted by atomic mass is 10.1. The topological polar surface area (TPSA) is 49.3 Å². The van der Waals surface area contributed by atoms with Crippen LogP contribution in [-0.2, 0) is 4.79 Å². The third kappa shape index (κ3) is 9.97. The van der Waals surface area contributed by atoms with E-state index in [-0.39, 0.29) is 18.6 Å². The largest absolute Gasteiger partial charge is 0.396 e. The zero-order valence-electron chi connectivity index (χ0n) is 10.8. The van der Waals surface area contributed by atoms with E-state index in [1.54, 1.807) is 0 Å². The van der Waals surface area contributed by atoms with Crippen molar-refractivity contribution in [2.24, 2.45) is 0 Å². The molecule has 0 aromatic rings. The Balaban J connectivity index is 3.30. The van der Waals surface area contributed by atoms with Crippen LogP contribution in [-0.4, -0.2) is 23.7 Å². The lowest BCUT2D eigenvalue weighted by molar-refractivity contribution is -0.121. The molecule has 0 saturated carbocycles. The van der Waals surface area contributed by atoms with E-state index in [2.05, 4.69) is 12.2 Å². The fourth-order valence-corrected chi connectivity index (χ4v) is 1.68. The Labute approximate surface area is 99.6 Å². The summed E-state index contributed by atoms with van der Waals surface area (Å²) in [5.41, 5.74) is 0. The summed E-state index contributed by atoms with van der Waals surface area (Å²) in [4.78, 5) is 11.4. The molecule has 0 radical (unpaired) electrons. The molecule has 16 heavy (non-hydrogen) atoms. The zero-order chi connectivity index (χ0) is 12.2. The molecule has 0 aromatic carbocycles. The van der Waals surface area contributed by atoms with E-state index in [1.165, 1.54) is 25.7 Å². The molecule has 3 heteroatoms. The summed E-state index contributed by atoms with van der Waals surface area (Å²) in [6, 6.07) is 0.0950. The van der Waals surface area contributed by atoms with Gasteiger partial charge in [-0.15, -0.1) is 0 Å². The van der Waals surface area contributed by atoms with Gasteiger partial charge in [0.2, 0.25) is 5.91 Å². The van der Waals surface area contributed by atoms with Crippen molar-refractivity contribution in [3.8, 4) is 0 Å². The van der Waals surface area contributed by atoms with Crippen LogP contribution in [0.4, 0.5) is 0 Å². The summed E-state index contributed by atoms with van der Waals surface area (Å²) in [6.45, 7) is 4.27. The monoisotopic (exact) mass is 229 g/mol. The highest BCUT2D eigenvalue weighted by Gasteiger charge is 2.05. The zero-order valence-corrected chi connectivity index (χ0v) is 10.8. The van der Waals surface area contributed by atoms with Crippen LogP contribution in [0.1, 0.15) is 65.2 Å². The summed E-state index contributed by atoms with van der Waals surface area (Å²) in [7, 11) is 0. The van der Waals surface area contributed by atoms with Gasteiger partial charge in [-0.1, -0.05) is 39.0 Å². The molecule has 2 N–H and O–H groups in total. The number of carbonyl (C=O) groups is 1. The maximum atomic E-state index is 11.4. The van der Waals surface area contributed by atoms with Crippen molar-refractivity contribution in [3.63, 3.8) is 0 Å². The highest BCUT2D eigenvalue weighted by molar-refractivity contribution is 5.76. The van der Waals surface area contributed by atoms with Gasteiger partial charge < -0.3 is 10.4 Å². The SMILES string of the molecule is CCCCCCCCC(=O)NC(C)CCO. The molecule has 0 heterocycles. The van der Waals surface area contributed by atoms with Crippen LogP contribution in [0.25, 0.3) is 0 Å². The van der Waals surface area contributed by atoms with Crippen molar-refractivity contribution in [2.75, 3.05) is 6.61 Å². The highest BCUT2D eigenvalue weighted by atomic mass is 16.3. The van der Waals surface area contributed by atoms with E-state index in [0.717, 1.165) is 12.8 Å². The van der Waals surface area contributed by atoms with Crippen molar-refractivity contribution in [2.45, 2.75) is 71.3 Å². The molecule has 1 amide bonds. The fourth-order valence-electron chi connectivity index (χ4n) is 1.68. The van der Waals surface area contributed by atoms with E-state index >= 15 is 0 Å². The molecule has 0 spiro atoms. The number of aliphatic hydroxyl groups is 1. The molecule has 1 atom stereocenters. The number of hydrogen-bond acceptors (Lipinski definition) is 2. The summed E-state index contributed by atoms with van der Waals surface area (Å²) < 4.78 is 0. The average Bonchev–Trinajstić information content (AvgIpc) is 2.23. The molecule has 0 rings (SSSR count). The molecule has 0 aromatic heterocycles. The van der Waals surface area contributed by atoms with Crippen LogP contribution in [0.15, 0.2) is 0 Å². The van der Waals surface area contributed by atoms with Gasteiger partial charge in [0.1, 0.15) is 0 Å². The van der Waals surface area contributed by atoms with Gasteiger partial charge in [-0.25, -0.2) is 0 Å². The minimum absolute atomic E-state index is 0.0950. The van der Waals surface area contributed by atoms with Gasteiger partial charge >= 0.3 is 0 Å². The minimum Gasteiger partial charge on any atom is -0.396 e. The predicted molar refractivity (Wildman–Crippen MR) is 67.3 cm³/mol. The van der Waals surface area contributed by atoms with Gasteiger partial charge in [-0.05, 0) is 19.8 Å². The number of carbonyl (C=O) groups excluding carboxylic acids is 1. The third-order valence-corrected chi connectivity index (χ3v) is 2.73. The van der Waals surface area contributed by atoms with Crippen LogP contribution in [0.5, 0.6) is 0 Å². The molecule has 0 aliphatic carbocycles. The van der Waals surface area contributed by atoms with Gasteiger partial charge in [-0.3, -0.25) is 4.79 Å². The van der Waals surface area contributed by atoms with Crippen LogP contribution in [0.2, 0.25) is 0 Å². The second-order valence-corrected chi connectivity index (χ2v) is 4.50. The lowest BCUT2D eigenvalue weighted by Gasteiger charge is -2.12. The first-order chi connectivity index (χ1) is 7.70. The Morgan fingerprint density at radius 2 is 1.81 bits per heavy atom. The summed E-state index contributed by atoms with van der Waals surface area (Å²) in [5.74, 6) is 0.122. The van der Waals surface area contributed by atoms with Gasteiger partial charge in [-0.2, -0.15) is 0 Å². The Hall–Kier alpha value is -0.570. The second-order valence-electron chi connectivity index (χ2n) is 4.50. The Morgan fingerprint density at radius 1 is 1.19 bits per heavy atom. The smallest absolute Gasteiger partial charge is 0.220 e. The normalized spacial score (nSPS) is 12.4. The van der Waals surface area contributed by atoms with Crippen molar-refractivity contribution in [3.05, 3.63) is 0 Å². The third-order valence-electron chi connectivity index (χ3n) is 2.73. The lowest BCUT2D eigenvalue weighted by Crippen LogP contribution is -2.32. The van der Waals surface area contributed by atoms with Crippen molar-refractivity contribution in [1.82, 2.24) is 5.32 Å². The van der Waals surface area contributed by atoms with Crippen LogP contribution < -0.4 is 5.32 Å². The van der Waals surface area contributed by atoms with Crippen LogP contribution in [0, 0.1) is 0 Å². The van der Waals surface area contributed by atoms with Crippen molar-refractivity contribution < 1.29 is 9.90 Å². The molecule has 0 aliphatic rings. The van der Waals surface area contributed by atoms with E-state index in [0.29, 0.717) is 12.8 Å². The molecule has 0 bridgehead atoms. The highest BCUT2D eigenvalue weighted by Crippen LogP contribution is 2.06. The maximum Gasteiger partial charge on any atom is 0.220 e. The minimum atomic E-state index is 0.0950. The Kier molecular flexibility index (Phi) is 10.5. The molecule has 3 nitrogen and oxygen atoms in total. The summed E-state index contributed by atoms with van der Waals surface area (Å²) >= 11 is 0. The van der Waals surface area contributed by atoms with Crippen molar-refractivity contribution >= 4 is 5.91 Å². The van der Waals surface area contributed by atoms with Crippen LogP contribution in [0.3, 0.4) is 0 Å². The maximum absolute atomic E-state index is 11.4. The first-order valence-electron chi connectivity index (χ1n) is 6.61. The molecular weight excluding hydrogens is 202 g/mol. The Morgan fingerprint density at radius 3 is 2.44 bits per heavy atom. The predicted octanol–water partition coefficient (Wildman–Crippen LogP) is 2.62. The van der Waals surface area contributed by atoms with Gasteiger partial charge in [0.05, 0.1) is 0 Å². The first kappa shape index (κ1) is 15.4. The van der Waals surface area contributed by atoms with E-state index in [4.69, 9.17) is 5.11 Å².